The molecule has 0 fully saturated rings. The van der Waals surface area contributed by atoms with Crippen LogP contribution in [0.25, 0.3) is 0 Å². The zero-order valence-electron chi connectivity index (χ0n) is 18.2. The van der Waals surface area contributed by atoms with Crippen LogP contribution in [0.3, 0.4) is 0 Å². The smallest absolute Gasteiger partial charge is 0.394 e. The van der Waals surface area contributed by atoms with E-state index < -0.39 is 10.4 Å². The molecule has 0 heterocycles. The molecule has 29 heavy (non-hydrogen) atoms. The predicted octanol–water partition coefficient (Wildman–Crippen LogP) is 3.07. The predicted molar refractivity (Wildman–Crippen MR) is 116 cm³/mol. The summed E-state index contributed by atoms with van der Waals surface area (Å²) in [4.78, 5) is 2.00. The molecule has 0 spiro atoms. The summed E-state index contributed by atoms with van der Waals surface area (Å²) in [5.41, 5.74) is 0. The highest BCUT2D eigenvalue weighted by Gasteiger charge is 2.16. The fourth-order valence-electron chi connectivity index (χ4n) is 3.34. The first kappa shape index (κ1) is 30.9. The third-order valence-corrected chi connectivity index (χ3v) is 4.89. The Morgan fingerprint density at radius 1 is 0.690 bits per heavy atom. The summed E-state index contributed by atoms with van der Waals surface area (Å²) < 4.78 is 31.6. The summed E-state index contributed by atoms with van der Waals surface area (Å²) in [7, 11) is -4.67. The van der Waals surface area contributed by atoms with Gasteiger partial charge in [-0.2, -0.15) is 8.42 Å². The zero-order valence-corrected chi connectivity index (χ0v) is 19.0. The third-order valence-electron chi connectivity index (χ3n) is 4.89. The highest BCUT2D eigenvalue weighted by atomic mass is 32.3. The fourth-order valence-corrected chi connectivity index (χ4v) is 3.34. The number of aliphatic hydroxyl groups is 3. The maximum atomic E-state index is 9.52. The van der Waals surface area contributed by atoms with Gasteiger partial charge in [0.05, 0.1) is 19.8 Å². The van der Waals surface area contributed by atoms with Gasteiger partial charge in [-0.25, -0.2) is 0 Å². The van der Waals surface area contributed by atoms with Crippen molar-refractivity contribution in [3.05, 3.63) is 0 Å². The fraction of sp³-hybridized carbons (Fsp3) is 1.00. The van der Waals surface area contributed by atoms with Crippen molar-refractivity contribution in [1.82, 2.24) is 4.90 Å². The van der Waals surface area contributed by atoms with E-state index in [-0.39, 0.29) is 25.9 Å². The average molecular weight is 444 g/mol. The molecule has 0 aliphatic carbocycles. The Kier molecular flexibility index (Phi) is 23.9. The lowest BCUT2D eigenvalue weighted by Crippen LogP contribution is -2.41. The van der Waals surface area contributed by atoms with Crippen molar-refractivity contribution in [1.29, 1.82) is 0 Å². The maximum absolute atomic E-state index is 9.52. The van der Waals surface area contributed by atoms with E-state index >= 15 is 0 Å². The van der Waals surface area contributed by atoms with E-state index in [1.165, 1.54) is 70.6 Å². The highest BCUT2D eigenvalue weighted by Crippen LogP contribution is 2.14. The Morgan fingerprint density at radius 2 is 1.03 bits per heavy atom. The molecule has 0 rings (SSSR count). The summed E-state index contributed by atoms with van der Waals surface area (Å²) in [6, 6.07) is 0.0763. The van der Waals surface area contributed by atoms with Gasteiger partial charge in [0.2, 0.25) is 0 Å². The summed E-state index contributed by atoms with van der Waals surface area (Å²) in [6.07, 6.45) is 17.0. The topological polar surface area (TPSA) is 139 Å². The highest BCUT2D eigenvalue weighted by molar-refractivity contribution is 7.79. The Morgan fingerprint density at radius 3 is 1.34 bits per heavy atom. The molecule has 0 saturated heterocycles. The third kappa shape index (κ3) is 27.7. The van der Waals surface area contributed by atoms with Crippen molar-refractivity contribution in [2.75, 3.05) is 32.9 Å². The molecule has 0 aliphatic heterocycles. The van der Waals surface area contributed by atoms with Crippen molar-refractivity contribution in [2.24, 2.45) is 0 Å². The van der Waals surface area contributed by atoms with Crippen LogP contribution in [-0.4, -0.2) is 76.7 Å². The molecule has 1 atom stereocenters. The van der Waals surface area contributed by atoms with Gasteiger partial charge >= 0.3 is 10.4 Å². The van der Waals surface area contributed by atoms with Crippen LogP contribution in [0.15, 0.2) is 0 Å². The lowest BCUT2D eigenvalue weighted by Gasteiger charge is -2.29. The number of hydrogen-bond donors (Lipinski definition) is 5. The second kappa shape index (κ2) is 22.4. The molecule has 0 amide bonds. The number of hydrogen-bond acceptors (Lipinski definition) is 6. The summed E-state index contributed by atoms with van der Waals surface area (Å²) in [5, 5.41) is 27.7. The van der Waals surface area contributed by atoms with Crippen LogP contribution in [0.2, 0.25) is 0 Å². The Balaban J connectivity index is 0. The van der Waals surface area contributed by atoms with E-state index in [0.29, 0.717) is 13.1 Å². The van der Waals surface area contributed by atoms with E-state index in [1.807, 2.05) is 4.90 Å². The number of aliphatic hydroxyl groups excluding tert-OH is 3. The van der Waals surface area contributed by atoms with Crippen LogP contribution < -0.4 is 0 Å². The molecule has 5 N–H and O–H groups in total. The standard InChI is InChI=1S/C20H43NO3.H2O4S/c1-2-3-4-5-6-7-8-9-10-11-12-13-14-20(19-24)21(15-17-22)16-18-23;1-5(2,3)4/h20,22-24H,2-19H2,1H3;(H2,1,2,3,4). The molecule has 1 unspecified atom stereocenters. The van der Waals surface area contributed by atoms with E-state index in [2.05, 4.69) is 6.92 Å². The molecule has 0 aromatic heterocycles. The van der Waals surface area contributed by atoms with Crippen molar-refractivity contribution in [3.63, 3.8) is 0 Å². The van der Waals surface area contributed by atoms with Gasteiger partial charge in [-0.1, -0.05) is 84.0 Å². The molecular formula is C20H45NO7S. The number of nitrogens with zero attached hydrogens (tertiary/aromatic N) is 1. The van der Waals surface area contributed by atoms with Crippen LogP contribution in [-0.2, 0) is 10.4 Å². The molecule has 0 bridgehead atoms. The largest absolute Gasteiger partial charge is 0.395 e. The van der Waals surface area contributed by atoms with Crippen molar-refractivity contribution in [3.8, 4) is 0 Å². The Bertz CT molecular complexity index is 407. The van der Waals surface area contributed by atoms with E-state index in [1.54, 1.807) is 0 Å². The van der Waals surface area contributed by atoms with E-state index in [4.69, 9.17) is 27.7 Å². The Labute approximate surface area is 177 Å². The second-order valence-corrected chi connectivity index (χ2v) is 8.34. The zero-order chi connectivity index (χ0) is 22.4. The molecule has 9 heteroatoms. The molecule has 8 nitrogen and oxygen atoms in total. The van der Waals surface area contributed by atoms with Crippen LogP contribution in [0.4, 0.5) is 0 Å². The lowest BCUT2D eigenvalue weighted by atomic mass is 10.0. The van der Waals surface area contributed by atoms with Crippen LogP contribution >= 0.6 is 0 Å². The first-order valence-electron chi connectivity index (χ1n) is 11.1. The van der Waals surface area contributed by atoms with Gasteiger partial charge < -0.3 is 15.3 Å². The van der Waals surface area contributed by atoms with Gasteiger partial charge in [-0.05, 0) is 6.42 Å². The molecule has 0 aromatic carbocycles. The van der Waals surface area contributed by atoms with Gasteiger partial charge in [0.25, 0.3) is 0 Å². The van der Waals surface area contributed by atoms with Gasteiger partial charge in [0.1, 0.15) is 0 Å². The monoisotopic (exact) mass is 443 g/mol. The molecule has 0 aromatic rings. The second-order valence-electron chi connectivity index (χ2n) is 7.45. The van der Waals surface area contributed by atoms with Gasteiger partial charge in [0.15, 0.2) is 0 Å². The minimum atomic E-state index is -4.67. The van der Waals surface area contributed by atoms with Crippen LogP contribution in [0.1, 0.15) is 90.4 Å². The molecule has 0 aliphatic rings. The minimum Gasteiger partial charge on any atom is -0.395 e. The maximum Gasteiger partial charge on any atom is 0.394 e. The normalized spacial score (nSPS) is 12.7. The van der Waals surface area contributed by atoms with E-state index in [9.17, 15) is 5.11 Å². The molecule has 0 saturated carbocycles. The quantitative estimate of drug-likeness (QED) is 0.152. The average Bonchev–Trinajstić information content (AvgIpc) is 2.64. The van der Waals surface area contributed by atoms with Crippen molar-refractivity contribution in [2.45, 2.75) is 96.4 Å². The van der Waals surface area contributed by atoms with Crippen molar-refractivity contribution >= 4 is 10.4 Å². The van der Waals surface area contributed by atoms with Gasteiger partial charge in [-0.3, -0.25) is 14.0 Å². The first-order chi connectivity index (χ1) is 13.8. The summed E-state index contributed by atoms with van der Waals surface area (Å²) >= 11 is 0. The number of unbranched alkanes of at least 4 members (excludes halogenated alkanes) is 11. The molecule has 0 radical (unpaired) electrons. The van der Waals surface area contributed by atoms with Crippen LogP contribution in [0.5, 0.6) is 0 Å². The first-order valence-corrected chi connectivity index (χ1v) is 12.5. The van der Waals surface area contributed by atoms with Crippen molar-refractivity contribution < 1.29 is 32.8 Å². The lowest BCUT2D eigenvalue weighted by molar-refractivity contribution is 0.0781. The van der Waals surface area contributed by atoms with Crippen LogP contribution in [0, 0.1) is 0 Å². The number of rotatable bonds is 19. The summed E-state index contributed by atoms with van der Waals surface area (Å²) in [5.74, 6) is 0. The summed E-state index contributed by atoms with van der Waals surface area (Å²) in [6.45, 7) is 3.59. The molecular weight excluding hydrogens is 398 g/mol. The minimum absolute atomic E-state index is 0.0763. The SMILES string of the molecule is CCCCCCCCCCCCCCC(CO)N(CCO)CCO.O=S(=O)(O)O. The Hall–Kier alpha value is -0.290. The molecule has 178 valence electrons. The van der Waals surface area contributed by atoms with Gasteiger partial charge in [0, 0.05) is 19.1 Å². The van der Waals surface area contributed by atoms with E-state index in [0.717, 1.165) is 12.8 Å². The van der Waals surface area contributed by atoms with Gasteiger partial charge in [-0.15, -0.1) is 0 Å².